The maximum absolute atomic E-state index is 13.6. The van der Waals surface area contributed by atoms with Crippen molar-refractivity contribution in [2.75, 3.05) is 13.2 Å². The second kappa shape index (κ2) is 7.56. The van der Waals surface area contributed by atoms with E-state index in [2.05, 4.69) is 0 Å². The van der Waals surface area contributed by atoms with E-state index in [4.69, 9.17) is 9.15 Å². The van der Waals surface area contributed by atoms with Crippen molar-refractivity contribution in [2.45, 2.75) is 38.8 Å². The van der Waals surface area contributed by atoms with Crippen molar-refractivity contribution in [3.05, 3.63) is 84.7 Å². The highest BCUT2D eigenvalue weighted by atomic mass is 16.6. The van der Waals surface area contributed by atoms with Crippen LogP contribution in [0, 0.1) is 24.0 Å². The van der Waals surface area contributed by atoms with Gasteiger partial charge in [-0.05, 0) is 67.6 Å². The normalized spacial score (nSPS) is 20.2. The predicted molar refractivity (Wildman–Crippen MR) is 117 cm³/mol. The number of hydrogen-bond acceptors (Lipinski definition) is 6. The molecule has 0 radical (unpaired) electrons. The number of nitro benzene ring substituents is 1. The summed E-state index contributed by atoms with van der Waals surface area (Å²) in [7, 11) is 0. The second-order valence-electron chi connectivity index (χ2n) is 8.45. The molecule has 0 aliphatic carbocycles. The van der Waals surface area contributed by atoms with Crippen LogP contribution in [-0.2, 0) is 4.74 Å². The quantitative estimate of drug-likeness (QED) is 0.453. The average Bonchev–Trinajstić information content (AvgIpc) is 3.38. The monoisotopic (exact) mass is 434 g/mol. The van der Waals surface area contributed by atoms with Gasteiger partial charge in [-0.3, -0.25) is 19.7 Å². The van der Waals surface area contributed by atoms with Crippen molar-refractivity contribution in [3.8, 4) is 0 Å². The fourth-order valence-corrected chi connectivity index (χ4v) is 4.60. The molecular weight excluding hydrogens is 412 g/mol. The van der Waals surface area contributed by atoms with Gasteiger partial charge in [-0.25, -0.2) is 0 Å². The Hall–Kier alpha value is -3.52. The lowest BCUT2D eigenvalue weighted by molar-refractivity contribution is -0.384. The highest BCUT2D eigenvalue weighted by molar-refractivity contribution is 5.99. The first-order valence-corrected chi connectivity index (χ1v) is 10.6. The van der Waals surface area contributed by atoms with Gasteiger partial charge < -0.3 is 14.1 Å². The third kappa shape index (κ3) is 3.18. The van der Waals surface area contributed by atoms with Crippen LogP contribution in [0.15, 0.2) is 45.6 Å². The van der Waals surface area contributed by atoms with E-state index in [1.165, 1.54) is 12.1 Å². The molecule has 164 valence electrons. The van der Waals surface area contributed by atoms with Gasteiger partial charge in [0.2, 0.25) is 5.76 Å². The summed E-state index contributed by atoms with van der Waals surface area (Å²) in [5.74, 6) is -0.330. The summed E-state index contributed by atoms with van der Waals surface area (Å²) in [4.78, 5) is 39.2. The van der Waals surface area contributed by atoms with E-state index < -0.39 is 11.0 Å². The van der Waals surface area contributed by atoms with Crippen LogP contribution in [0.5, 0.6) is 0 Å². The number of ether oxygens (including phenoxy) is 1. The van der Waals surface area contributed by atoms with Crippen LogP contribution >= 0.6 is 0 Å². The minimum absolute atomic E-state index is 0.0344. The van der Waals surface area contributed by atoms with Crippen LogP contribution in [0.25, 0.3) is 11.0 Å². The molecular formula is C24H22N2O6. The number of nitrogens with zero attached hydrogens (tertiary/aromatic N) is 2. The van der Waals surface area contributed by atoms with E-state index in [-0.39, 0.29) is 34.5 Å². The van der Waals surface area contributed by atoms with E-state index in [0.717, 1.165) is 24.0 Å². The molecule has 2 aliphatic heterocycles. The van der Waals surface area contributed by atoms with E-state index in [0.29, 0.717) is 29.7 Å². The van der Waals surface area contributed by atoms with Crippen LogP contribution in [0.4, 0.5) is 5.69 Å². The Bertz CT molecular complexity index is 1300. The lowest BCUT2D eigenvalue weighted by atomic mass is 9.97. The molecule has 32 heavy (non-hydrogen) atoms. The summed E-state index contributed by atoms with van der Waals surface area (Å²) in [6.45, 7) is 4.80. The first-order valence-electron chi connectivity index (χ1n) is 10.6. The summed E-state index contributed by atoms with van der Waals surface area (Å²) in [6, 6.07) is 8.84. The van der Waals surface area contributed by atoms with Gasteiger partial charge in [-0.15, -0.1) is 0 Å². The van der Waals surface area contributed by atoms with Crippen molar-refractivity contribution in [2.24, 2.45) is 0 Å². The number of nitro groups is 1. The molecule has 2 aromatic carbocycles. The van der Waals surface area contributed by atoms with Gasteiger partial charge in [0.1, 0.15) is 5.58 Å². The zero-order chi connectivity index (χ0) is 22.6. The highest BCUT2D eigenvalue weighted by Crippen LogP contribution is 2.39. The first kappa shape index (κ1) is 20.4. The Morgan fingerprint density at radius 2 is 1.84 bits per heavy atom. The number of amides is 1. The zero-order valence-electron chi connectivity index (χ0n) is 17.8. The summed E-state index contributed by atoms with van der Waals surface area (Å²) < 4.78 is 11.7. The molecule has 0 bridgehead atoms. The molecule has 0 saturated carbocycles. The maximum atomic E-state index is 13.6. The van der Waals surface area contributed by atoms with E-state index in [1.54, 1.807) is 29.2 Å². The molecule has 8 heteroatoms. The summed E-state index contributed by atoms with van der Waals surface area (Å²) in [5, 5.41) is 11.5. The standard InChI is InChI=1S/C24H22N2O6/c1-13-10-18-19(11-14(13)2)32-23-20(22(18)27)21(15-5-7-16(8-6-15)26(29)30)25(24(23)28)12-17-4-3-9-31-17/h5-8,10-11,17,21H,3-4,9,12H2,1-2H3/t17-,21+/m0/s1. The van der Waals surface area contributed by atoms with Crippen molar-refractivity contribution in [1.29, 1.82) is 0 Å². The topological polar surface area (TPSA) is 103 Å². The Morgan fingerprint density at radius 1 is 1.12 bits per heavy atom. The van der Waals surface area contributed by atoms with Crippen molar-refractivity contribution >= 4 is 22.6 Å². The largest absolute Gasteiger partial charge is 0.450 e. The number of benzene rings is 2. The molecule has 2 aliphatic rings. The number of aryl methyl sites for hydroxylation is 2. The number of carbonyl (C=O) groups excluding carboxylic acids is 1. The molecule has 1 amide bonds. The Kier molecular flexibility index (Phi) is 4.82. The Labute approximate surface area is 183 Å². The minimum Gasteiger partial charge on any atom is -0.450 e. The number of hydrogen-bond donors (Lipinski definition) is 0. The maximum Gasteiger partial charge on any atom is 0.291 e. The van der Waals surface area contributed by atoms with E-state index >= 15 is 0 Å². The molecule has 1 fully saturated rings. The SMILES string of the molecule is Cc1cc2oc3c(c(=O)c2cc1C)[C@@H](c1ccc([N+](=O)[O-])cc1)N(C[C@@H]1CCCO1)C3=O. The molecule has 1 aromatic heterocycles. The van der Waals surface area contributed by atoms with Gasteiger partial charge in [0.25, 0.3) is 11.6 Å². The third-order valence-electron chi connectivity index (χ3n) is 6.43. The van der Waals surface area contributed by atoms with Crippen LogP contribution in [-0.4, -0.2) is 35.0 Å². The van der Waals surface area contributed by atoms with Crippen LogP contribution in [0.1, 0.15) is 51.7 Å². The minimum atomic E-state index is -0.690. The van der Waals surface area contributed by atoms with Crippen molar-refractivity contribution in [1.82, 2.24) is 4.90 Å². The molecule has 0 unspecified atom stereocenters. The number of non-ortho nitro benzene ring substituents is 1. The van der Waals surface area contributed by atoms with Crippen molar-refractivity contribution in [3.63, 3.8) is 0 Å². The Balaban J connectivity index is 1.70. The fourth-order valence-electron chi connectivity index (χ4n) is 4.60. The molecule has 3 heterocycles. The van der Waals surface area contributed by atoms with Crippen LogP contribution < -0.4 is 5.43 Å². The van der Waals surface area contributed by atoms with Gasteiger partial charge in [0.15, 0.2) is 5.43 Å². The molecule has 3 aromatic rings. The molecule has 0 N–H and O–H groups in total. The van der Waals surface area contributed by atoms with Gasteiger partial charge in [0, 0.05) is 25.3 Å². The highest BCUT2D eigenvalue weighted by Gasteiger charge is 2.44. The van der Waals surface area contributed by atoms with Crippen LogP contribution in [0.2, 0.25) is 0 Å². The lowest BCUT2D eigenvalue weighted by Crippen LogP contribution is -2.36. The van der Waals surface area contributed by atoms with Gasteiger partial charge in [-0.2, -0.15) is 0 Å². The number of rotatable bonds is 4. The van der Waals surface area contributed by atoms with Crippen molar-refractivity contribution < 1.29 is 18.9 Å². The van der Waals surface area contributed by atoms with Gasteiger partial charge in [-0.1, -0.05) is 0 Å². The van der Waals surface area contributed by atoms with E-state index in [9.17, 15) is 19.7 Å². The summed E-state index contributed by atoms with van der Waals surface area (Å²) in [6.07, 6.45) is 1.62. The second-order valence-corrected chi connectivity index (χ2v) is 8.45. The summed E-state index contributed by atoms with van der Waals surface area (Å²) >= 11 is 0. The number of carbonyl (C=O) groups is 1. The van der Waals surface area contributed by atoms with E-state index in [1.807, 2.05) is 13.8 Å². The van der Waals surface area contributed by atoms with Crippen LogP contribution in [0.3, 0.4) is 0 Å². The first-order chi connectivity index (χ1) is 15.3. The third-order valence-corrected chi connectivity index (χ3v) is 6.43. The molecule has 8 nitrogen and oxygen atoms in total. The predicted octanol–water partition coefficient (Wildman–Crippen LogP) is 4.04. The fraction of sp³-hybridized carbons (Fsp3) is 0.333. The summed E-state index contributed by atoms with van der Waals surface area (Å²) in [5.41, 5.74) is 2.89. The molecule has 1 saturated heterocycles. The molecule has 5 rings (SSSR count). The lowest BCUT2D eigenvalue weighted by Gasteiger charge is -2.27. The smallest absolute Gasteiger partial charge is 0.291 e. The zero-order valence-corrected chi connectivity index (χ0v) is 17.8. The average molecular weight is 434 g/mol. The van der Waals surface area contributed by atoms with Gasteiger partial charge in [0.05, 0.1) is 28.0 Å². The Morgan fingerprint density at radius 3 is 2.50 bits per heavy atom. The molecule has 2 atom stereocenters. The molecule has 0 spiro atoms. The van der Waals surface area contributed by atoms with Gasteiger partial charge >= 0.3 is 0 Å². The number of fused-ring (bicyclic) bond motifs is 2.